The third-order valence-electron chi connectivity index (χ3n) is 1.91. The first-order chi connectivity index (χ1) is 7.79. The molecule has 0 fully saturated rings. The maximum absolute atomic E-state index is 8.53. The fourth-order valence-corrected chi connectivity index (χ4v) is 2.01. The van der Waals surface area contributed by atoms with E-state index in [0.29, 0.717) is 13.2 Å². The molecule has 0 aliphatic heterocycles. The zero-order valence-corrected chi connectivity index (χ0v) is 10.2. The molecule has 1 rings (SSSR count). The van der Waals surface area contributed by atoms with Gasteiger partial charge in [0.25, 0.3) is 0 Å². The second-order valence-electron chi connectivity index (χ2n) is 3.11. The van der Waals surface area contributed by atoms with Crippen molar-refractivity contribution in [3.05, 3.63) is 18.5 Å². The lowest BCUT2D eigenvalue weighted by Crippen LogP contribution is -2.04. The fraction of sp³-hybridized carbons (Fsp3) is 0.600. The highest BCUT2D eigenvalue weighted by molar-refractivity contribution is 7.99. The van der Waals surface area contributed by atoms with E-state index in [4.69, 9.17) is 9.84 Å². The molecule has 5 nitrogen and oxygen atoms in total. The molecule has 16 heavy (non-hydrogen) atoms. The van der Waals surface area contributed by atoms with Crippen LogP contribution in [0, 0.1) is 6.92 Å². The van der Waals surface area contributed by atoms with Crippen molar-refractivity contribution >= 4 is 11.8 Å². The van der Waals surface area contributed by atoms with Crippen LogP contribution in [-0.2, 0) is 11.3 Å². The molecule has 1 N–H and O–H groups in total. The molecule has 0 aliphatic carbocycles. The minimum absolute atomic E-state index is 0.0659. The standard InChI is InChI=1S/C10H17N3O2S/c1-3-4-13-9(2)11-12-10(13)16-8-7-15-6-5-14/h3,14H,1,4-8H2,2H3. The molecule has 1 aromatic heterocycles. The van der Waals surface area contributed by atoms with E-state index >= 15 is 0 Å². The van der Waals surface area contributed by atoms with Crippen LogP contribution in [0.5, 0.6) is 0 Å². The van der Waals surface area contributed by atoms with E-state index in [9.17, 15) is 0 Å². The number of nitrogens with zero attached hydrogens (tertiary/aromatic N) is 3. The highest BCUT2D eigenvalue weighted by atomic mass is 32.2. The van der Waals surface area contributed by atoms with Crippen LogP contribution in [0.2, 0.25) is 0 Å². The summed E-state index contributed by atoms with van der Waals surface area (Å²) in [6.45, 7) is 7.40. The minimum Gasteiger partial charge on any atom is -0.394 e. The van der Waals surface area contributed by atoms with Crippen molar-refractivity contribution in [2.45, 2.75) is 18.6 Å². The Morgan fingerprint density at radius 1 is 1.50 bits per heavy atom. The van der Waals surface area contributed by atoms with E-state index < -0.39 is 0 Å². The smallest absolute Gasteiger partial charge is 0.191 e. The molecule has 0 spiro atoms. The van der Waals surface area contributed by atoms with Crippen LogP contribution in [0.25, 0.3) is 0 Å². The summed E-state index contributed by atoms with van der Waals surface area (Å²) in [6, 6.07) is 0. The molecule has 0 saturated heterocycles. The van der Waals surface area contributed by atoms with E-state index in [1.54, 1.807) is 11.8 Å². The average Bonchev–Trinajstić information content (AvgIpc) is 2.62. The molecular formula is C10H17N3O2S. The first kappa shape index (κ1) is 13.2. The van der Waals surface area contributed by atoms with Crippen LogP contribution < -0.4 is 0 Å². The molecule has 0 bridgehead atoms. The molecule has 90 valence electrons. The fourth-order valence-electron chi connectivity index (χ4n) is 1.17. The van der Waals surface area contributed by atoms with Crippen LogP contribution in [-0.4, -0.2) is 45.4 Å². The number of rotatable bonds is 8. The molecule has 1 heterocycles. The quantitative estimate of drug-likeness (QED) is 0.417. The van der Waals surface area contributed by atoms with Crippen LogP contribution in [0.1, 0.15) is 5.82 Å². The van der Waals surface area contributed by atoms with Gasteiger partial charge in [0, 0.05) is 12.3 Å². The molecule has 0 amide bonds. The lowest BCUT2D eigenvalue weighted by atomic mass is 10.6. The van der Waals surface area contributed by atoms with Gasteiger partial charge < -0.3 is 14.4 Å². The Balaban J connectivity index is 2.38. The summed E-state index contributed by atoms with van der Waals surface area (Å²) in [5.41, 5.74) is 0. The van der Waals surface area contributed by atoms with Gasteiger partial charge in [-0.25, -0.2) is 0 Å². The monoisotopic (exact) mass is 243 g/mol. The van der Waals surface area contributed by atoms with Crippen molar-refractivity contribution in [2.75, 3.05) is 25.6 Å². The summed E-state index contributed by atoms with van der Waals surface area (Å²) >= 11 is 1.59. The predicted molar refractivity (Wildman–Crippen MR) is 63.6 cm³/mol. The molecule has 0 aliphatic rings. The van der Waals surface area contributed by atoms with Gasteiger partial charge in [0.1, 0.15) is 5.82 Å². The van der Waals surface area contributed by atoms with E-state index in [1.165, 1.54) is 0 Å². The Kier molecular flexibility index (Phi) is 6.14. The maximum atomic E-state index is 8.53. The Morgan fingerprint density at radius 3 is 3.00 bits per heavy atom. The summed E-state index contributed by atoms with van der Waals surface area (Å²) in [5.74, 6) is 1.69. The highest BCUT2D eigenvalue weighted by Crippen LogP contribution is 2.16. The van der Waals surface area contributed by atoms with Crippen LogP contribution in [0.15, 0.2) is 17.8 Å². The van der Waals surface area contributed by atoms with Crippen molar-refractivity contribution in [3.63, 3.8) is 0 Å². The SMILES string of the molecule is C=CCn1c(C)nnc1SCCOCCO. The summed E-state index contributed by atoms with van der Waals surface area (Å²) in [4.78, 5) is 0. The van der Waals surface area contributed by atoms with Crippen molar-refractivity contribution in [3.8, 4) is 0 Å². The number of hydrogen-bond donors (Lipinski definition) is 1. The Morgan fingerprint density at radius 2 is 2.31 bits per heavy atom. The maximum Gasteiger partial charge on any atom is 0.191 e. The zero-order chi connectivity index (χ0) is 11.8. The minimum atomic E-state index is 0.0659. The van der Waals surface area contributed by atoms with Gasteiger partial charge in [0.05, 0.1) is 19.8 Å². The summed E-state index contributed by atoms with van der Waals surface area (Å²) in [5, 5.41) is 17.5. The number of aryl methyl sites for hydroxylation is 1. The number of aromatic nitrogens is 3. The van der Waals surface area contributed by atoms with Gasteiger partial charge >= 0.3 is 0 Å². The Hall–Kier alpha value is -0.850. The number of thioether (sulfide) groups is 1. The van der Waals surface area contributed by atoms with Gasteiger partial charge in [-0.1, -0.05) is 17.8 Å². The molecule has 0 atom stereocenters. The van der Waals surface area contributed by atoms with E-state index in [1.807, 2.05) is 17.6 Å². The van der Waals surface area contributed by atoms with Gasteiger partial charge in [0.2, 0.25) is 0 Å². The number of allylic oxidation sites excluding steroid dienone is 1. The van der Waals surface area contributed by atoms with E-state index in [0.717, 1.165) is 23.3 Å². The molecule has 0 unspecified atom stereocenters. The number of hydrogen-bond acceptors (Lipinski definition) is 5. The predicted octanol–water partition coefficient (Wildman–Crippen LogP) is 0.874. The second-order valence-corrected chi connectivity index (χ2v) is 4.18. The lowest BCUT2D eigenvalue weighted by molar-refractivity contribution is 0.103. The Labute approximate surface area is 99.5 Å². The van der Waals surface area contributed by atoms with E-state index in [2.05, 4.69) is 16.8 Å². The molecule has 6 heteroatoms. The molecular weight excluding hydrogens is 226 g/mol. The van der Waals surface area contributed by atoms with Crippen LogP contribution >= 0.6 is 11.8 Å². The number of ether oxygens (including phenoxy) is 1. The third kappa shape index (κ3) is 3.96. The van der Waals surface area contributed by atoms with Crippen molar-refractivity contribution < 1.29 is 9.84 Å². The zero-order valence-electron chi connectivity index (χ0n) is 9.43. The highest BCUT2D eigenvalue weighted by Gasteiger charge is 2.07. The molecule has 1 aromatic rings. The summed E-state index contributed by atoms with van der Waals surface area (Å²) in [7, 11) is 0. The first-order valence-electron chi connectivity index (χ1n) is 5.11. The second kappa shape index (κ2) is 7.43. The van der Waals surface area contributed by atoms with Crippen molar-refractivity contribution in [2.24, 2.45) is 0 Å². The van der Waals surface area contributed by atoms with Gasteiger partial charge in [-0.2, -0.15) is 0 Å². The van der Waals surface area contributed by atoms with Gasteiger partial charge in [-0.3, -0.25) is 0 Å². The van der Waals surface area contributed by atoms with E-state index in [-0.39, 0.29) is 6.61 Å². The number of aliphatic hydroxyl groups is 1. The first-order valence-corrected chi connectivity index (χ1v) is 6.10. The average molecular weight is 243 g/mol. The van der Waals surface area contributed by atoms with Gasteiger partial charge in [-0.15, -0.1) is 16.8 Å². The largest absolute Gasteiger partial charge is 0.394 e. The van der Waals surface area contributed by atoms with Gasteiger partial charge in [-0.05, 0) is 6.92 Å². The number of aliphatic hydroxyl groups excluding tert-OH is 1. The van der Waals surface area contributed by atoms with Crippen LogP contribution in [0.3, 0.4) is 0 Å². The lowest BCUT2D eigenvalue weighted by Gasteiger charge is -2.05. The van der Waals surface area contributed by atoms with Crippen molar-refractivity contribution in [1.82, 2.24) is 14.8 Å². The summed E-state index contributed by atoms with van der Waals surface area (Å²) in [6.07, 6.45) is 1.82. The molecule has 0 aromatic carbocycles. The normalized spacial score (nSPS) is 10.6. The molecule has 0 radical (unpaired) electrons. The summed E-state index contributed by atoms with van der Waals surface area (Å²) < 4.78 is 7.17. The van der Waals surface area contributed by atoms with Gasteiger partial charge in [0.15, 0.2) is 5.16 Å². The topological polar surface area (TPSA) is 60.2 Å². The third-order valence-corrected chi connectivity index (χ3v) is 2.84. The Bertz CT molecular complexity index is 328. The van der Waals surface area contributed by atoms with Crippen molar-refractivity contribution in [1.29, 1.82) is 0 Å². The van der Waals surface area contributed by atoms with Crippen LogP contribution in [0.4, 0.5) is 0 Å². The molecule has 0 saturated carbocycles.